The lowest BCUT2D eigenvalue weighted by Crippen LogP contribution is -2.24. The van der Waals surface area contributed by atoms with Crippen LogP contribution in [-0.2, 0) is 6.42 Å². The fourth-order valence-corrected chi connectivity index (χ4v) is 3.55. The maximum atomic E-state index is 11.8. The Morgan fingerprint density at radius 1 is 1.15 bits per heavy atom. The highest BCUT2D eigenvalue weighted by molar-refractivity contribution is 5.98. The van der Waals surface area contributed by atoms with Crippen molar-refractivity contribution in [2.45, 2.75) is 64.4 Å². The zero-order valence-corrected chi connectivity index (χ0v) is 12.4. The Hall–Kier alpha value is -1.31. The highest BCUT2D eigenvalue weighted by Gasteiger charge is 2.22. The van der Waals surface area contributed by atoms with E-state index in [4.69, 9.17) is 4.74 Å². The smallest absolute Gasteiger partial charge is 0.163 e. The highest BCUT2D eigenvalue weighted by atomic mass is 16.5. The van der Waals surface area contributed by atoms with Gasteiger partial charge in [0.25, 0.3) is 0 Å². The highest BCUT2D eigenvalue weighted by Crippen LogP contribution is 2.31. The third kappa shape index (κ3) is 2.89. The van der Waals surface area contributed by atoms with Crippen molar-refractivity contribution >= 4 is 5.78 Å². The summed E-state index contributed by atoms with van der Waals surface area (Å²) in [6, 6.07) is 6.04. The van der Waals surface area contributed by atoms with Gasteiger partial charge in [-0.2, -0.15) is 0 Å². The second-order valence-electron chi connectivity index (χ2n) is 6.26. The lowest BCUT2D eigenvalue weighted by Gasteiger charge is -2.28. The van der Waals surface area contributed by atoms with Gasteiger partial charge in [-0.3, -0.25) is 4.79 Å². The Bertz CT molecular complexity index is 484. The van der Waals surface area contributed by atoms with Crippen molar-refractivity contribution < 1.29 is 9.53 Å². The first-order valence-corrected chi connectivity index (χ1v) is 8.09. The molecule has 0 aromatic heterocycles. The lowest BCUT2D eigenvalue weighted by atomic mass is 9.86. The first kappa shape index (κ1) is 13.7. The molecule has 2 nitrogen and oxygen atoms in total. The lowest BCUT2D eigenvalue weighted by molar-refractivity contribution is 0.0972. The van der Waals surface area contributed by atoms with Crippen LogP contribution in [0.25, 0.3) is 0 Å². The van der Waals surface area contributed by atoms with E-state index in [0.29, 0.717) is 18.3 Å². The summed E-state index contributed by atoms with van der Waals surface area (Å²) in [4.78, 5) is 11.8. The van der Waals surface area contributed by atoms with Crippen LogP contribution in [-0.4, -0.2) is 11.9 Å². The van der Waals surface area contributed by atoms with E-state index in [9.17, 15) is 4.79 Å². The van der Waals surface area contributed by atoms with Crippen LogP contribution in [0.1, 0.15) is 67.8 Å². The second-order valence-corrected chi connectivity index (χ2v) is 6.26. The molecule has 1 saturated carbocycles. The molecule has 0 heterocycles. The van der Waals surface area contributed by atoms with Crippen molar-refractivity contribution in [2.24, 2.45) is 5.92 Å². The van der Waals surface area contributed by atoms with Gasteiger partial charge in [0.2, 0.25) is 0 Å². The molecule has 0 aliphatic heterocycles. The van der Waals surface area contributed by atoms with Crippen LogP contribution in [0.4, 0.5) is 0 Å². The Balaban J connectivity index is 1.65. The number of hydrogen-bond donors (Lipinski definition) is 0. The van der Waals surface area contributed by atoms with Gasteiger partial charge in [0.15, 0.2) is 5.78 Å². The SMILES string of the molecule is CCC1CCC(Oc2ccc3c(c2)CCCC3=O)CC1. The summed E-state index contributed by atoms with van der Waals surface area (Å²) in [7, 11) is 0. The van der Waals surface area contributed by atoms with Crippen LogP contribution in [0.5, 0.6) is 5.75 Å². The number of carbonyl (C=O) groups is 1. The molecule has 2 aliphatic rings. The number of carbonyl (C=O) groups excluding carboxylic acids is 1. The molecule has 1 fully saturated rings. The van der Waals surface area contributed by atoms with Crippen LogP contribution in [0.3, 0.4) is 0 Å². The molecule has 0 N–H and O–H groups in total. The van der Waals surface area contributed by atoms with E-state index in [1.807, 2.05) is 12.1 Å². The van der Waals surface area contributed by atoms with Crippen molar-refractivity contribution in [2.75, 3.05) is 0 Å². The van der Waals surface area contributed by atoms with Crippen LogP contribution in [0, 0.1) is 5.92 Å². The van der Waals surface area contributed by atoms with Crippen LogP contribution < -0.4 is 4.74 Å². The molecule has 0 bridgehead atoms. The van der Waals surface area contributed by atoms with Crippen molar-refractivity contribution in [3.05, 3.63) is 29.3 Å². The molecule has 20 heavy (non-hydrogen) atoms. The van der Waals surface area contributed by atoms with E-state index < -0.39 is 0 Å². The minimum Gasteiger partial charge on any atom is -0.490 e. The summed E-state index contributed by atoms with van der Waals surface area (Å²) in [5.74, 6) is 2.15. The van der Waals surface area contributed by atoms with E-state index in [0.717, 1.165) is 30.1 Å². The molecular formula is C18H24O2. The van der Waals surface area contributed by atoms with Crippen molar-refractivity contribution in [1.29, 1.82) is 0 Å². The van der Waals surface area contributed by atoms with Gasteiger partial charge >= 0.3 is 0 Å². The molecule has 3 rings (SSSR count). The molecule has 0 radical (unpaired) electrons. The van der Waals surface area contributed by atoms with E-state index in [2.05, 4.69) is 13.0 Å². The van der Waals surface area contributed by atoms with Crippen LogP contribution in [0.2, 0.25) is 0 Å². The molecule has 0 spiro atoms. The third-order valence-corrected chi connectivity index (χ3v) is 4.90. The Morgan fingerprint density at radius 2 is 1.95 bits per heavy atom. The van der Waals surface area contributed by atoms with Crippen LogP contribution in [0.15, 0.2) is 18.2 Å². The number of fused-ring (bicyclic) bond motifs is 1. The Kier molecular flexibility index (Phi) is 4.09. The summed E-state index contributed by atoms with van der Waals surface area (Å²) in [6.45, 7) is 2.28. The summed E-state index contributed by atoms with van der Waals surface area (Å²) in [5.41, 5.74) is 2.10. The first-order chi connectivity index (χ1) is 9.76. The molecule has 0 atom stereocenters. The second kappa shape index (κ2) is 5.99. The van der Waals surface area contributed by atoms with Crippen molar-refractivity contribution in [3.8, 4) is 5.75 Å². The predicted octanol–water partition coefficient (Wildman–Crippen LogP) is 4.55. The first-order valence-electron chi connectivity index (χ1n) is 8.09. The molecule has 2 heteroatoms. The number of hydrogen-bond acceptors (Lipinski definition) is 2. The minimum atomic E-state index is 0.293. The topological polar surface area (TPSA) is 26.3 Å². The molecule has 2 aliphatic carbocycles. The molecule has 0 saturated heterocycles. The largest absolute Gasteiger partial charge is 0.490 e. The van der Waals surface area contributed by atoms with E-state index in [-0.39, 0.29) is 0 Å². The standard InChI is InChI=1S/C18H24O2/c1-2-13-6-8-15(9-7-13)20-16-10-11-17-14(12-16)4-3-5-18(17)19/h10-13,15H,2-9H2,1H3. The normalized spacial score (nSPS) is 26.1. The van der Waals surface area contributed by atoms with Gasteiger partial charge < -0.3 is 4.74 Å². The Labute approximate surface area is 121 Å². The zero-order valence-electron chi connectivity index (χ0n) is 12.4. The van der Waals surface area contributed by atoms with E-state index >= 15 is 0 Å². The molecular weight excluding hydrogens is 248 g/mol. The number of aryl methyl sites for hydroxylation is 1. The minimum absolute atomic E-state index is 0.293. The van der Waals surface area contributed by atoms with Gasteiger partial charge in [-0.05, 0) is 68.2 Å². The zero-order chi connectivity index (χ0) is 13.9. The number of rotatable bonds is 3. The molecule has 0 unspecified atom stereocenters. The van der Waals surface area contributed by atoms with Gasteiger partial charge in [-0.15, -0.1) is 0 Å². The van der Waals surface area contributed by atoms with Gasteiger partial charge in [0.1, 0.15) is 5.75 Å². The van der Waals surface area contributed by atoms with Crippen molar-refractivity contribution in [3.63, 3.8) is 0 Å². The molecule has 0 amide bonds. The summed E-state index contributed by atoms with van der Waals surface area (Å²) < 4.78 is 6.14. The molecule has 1 aromatic rings. The summed E-state index contributed by atoms with van der Waals surface area (Å²) in [5, 5.41) is 0. The third-order valence-electron chi connectivity index (χ3n) is 4.90. The monoisotopic (exact) mass is 272 g/mol. The molecule has 1 aromatic carbocycles. The van der Waals surface area contributed by atoms with Gasteiger partial charge in [-0.1, -0.05) is 13.3 Å². The number of Topliss-reactive ketones (excluding diaryl/α,β-unsaturated/α-hetero) is 1. The Morgan fingerprint density at radius 3 is 2.70 bits per heavy atom. The maximum Gasteiger partial charge on any atom is 0.163 e. The van der Waals surface area contributed by atoms with Crippen molar-refractivity contribution in [1.82, 2.24) is 0 Å². The maximum absolute atomic E-state index is 11.8. The quantitative estimate of drug-likeness (QED) is 0.806. The van der Waals surface area contributed by atoms with Crippen LogP contribution >= 0.6 is 0 Å². The average molecular weight is 272 g/mol. The number of ether oxygens (including phenoxy) is 1. The van der Waals surface area contributed by atoms with Gasteiger partial charge in [-0.25, -0.2) is 0 Å². The summed E-state index contributed by atoms with van der Waals surface area (Å²) in [6.07, 6.45) is 9.31. The predicted molar refractivity (Wildman–Crippen MR) is 80.4 cm³/mol. The number of ketones is 1. The summed E-state index contributed by atoms with van der Waals surface area (Å²) >= 11 is 0. The average Bonchev–Trinajstić information content (AvgIpc) is 2.48. The number of benzene rings is 1. The van der Waals surface area contributed by atoms with E-state index in [1.54, 1.807) is 0 Å². The van der Waals surface area contributed by atoms with E-state index in [1.165, 1.54) is 37.7 Å². The fraction of sp³-hybridized carbons (Fsp3) is 0.611. The fourth-order valence-electron chi connectivity index (χ4n) is 3.55. The van der Waals surface area contributed by atoms with Gasteiger partial charge in [0, 0.05) is 12.0 Å². The van der Waals surface area contributed by atoms with Gasteiger partial charge in [0.05, 0.1) is 6.10 Å². The molecule has 108 valence electrons.